The van der Waals surface area contributed by atoms with Gasteiger partial charge < -0.3 is 15.1 Å². The second-order valence-corrected chi connectivity index (χ2v) is 6.91. The van der Waals surface area contributed by atoms with Crippen LogP contribution in [-0.4, -0.2) is 42.0 Å². The highest BCUT2D eigenvalue weighted by Gasteiger charge is 2.22. The van der Waals surface area contributed by atoms with Crippen molar-refractivity contribution in [2.45, 2.75) is 6.54 Å². The van der Waals surface area contributed by atoms with Crippen LogP contribution in [0, 0.1) is 0 Å². The highest BCUT2D eigenvalue weighted by atomic mass is 16.2. The van der Waals surface area contributed by atoms with E-state index in [4.69, 9.17) is 0 Å². The smallest absolute Gasteiger partial charge is 0.253 e. The summed E-state index contributed by atoms with van der Waals surface area (Å²) in [6.45, 7) is 3.94. The number of carbonyl (C=O) groups is 1. The van der Waals surface area contributed by atoms with Gasteiger partial charge in [0, 0.05) is 62.1 Å². The Morgan fingerprint density at radius 1 is 0.893 bits per heavy atom. The van der Waals surface area contributed by atoms with E-state index >= 15 is 0 Å². The van der Waals surface area contributed by atoms with E-state index in [2.05, 4.69) is 45.5 Å². The van der Waals surface area contributed by atoms with Gasteiger partial charge in [-0.15, -0.1) is 0 Å². The van der Waals surface area contributed by atoms with Crippen LogP contribution in [0.15, 0.2) is 79.1 Å². The maximum absolute atomic E-state index is 12.6. The van der Waals surface area contributed by atoms with Gasteiger partial charge in [-0.25, -0.2) is 0 Å². The van der Waals surface area contributed by atoms with Crippen LogP contribution in [0.2, 0.25) is 0 Å². The molecule has 0 spiro atoms. The lowest BCUT2D eigenvalue weighted by Gasteiger charge is -2.36. The van der Waals surface area contributed by atoms with E-state index in [0.717, 1.165) is 49.5 Å². The van der Waals surface area contributed by atoms with Crippen molar-refractivity contribution in [3.05, 3.63) is 90.3 Å². The minimum absolute atomic E-state index is 0.121. The Morgan fingerprint density at radius 3 is 2.32 bits per heavy atom. The molecule has 0 bridgehead atoms. The van der Waals surface area contributed by atoms with Gasteiger partial charge in [0.1, 0.15) is 0 Å². The number of aromatic nitrogens is 1. The van der Waals surface area contributed by atoms with Gasteiger partial charge in [0.2, 0.25) is 0 Å². The second kappa shape index (κ2) is 8.57. The molecular weight excluding hydrogens is 348 g/mol. The summed E-state index contributed by atoms with van der Waals surface area (Å²) in [6, 6.07) is 22.0. The molecule has 1 aliphatic rings. The van der Waals surface area contributed by atoms with Crippen molar-refractivity contribution in [2.75, 3.05) is 36.4 Å². The normalized spacial score (nSPS) is 14.0. The predicted octanol–water partition coefficient (Wildman–Crippen LogP) is 3.66. The Morgan fingerprint density at radius 2 is 1.64 bits per heavy atom. The monoisotopic (exact) mass is 372 g/mol. The zero-order valence-corrected chi connectivity index (χ0v) is 15.8. The molecular formula is C23H24N4O. The fourth-order valence-electron chi connectivity index (χ4n) is 3.43. The Kier molecular flexibility index (Phi) is 5.52. The van der Waals surface area contributed by atoms with Crippen LogP contribution in [0.4, 0.5) is 11.4 Å². The number of nitrogens with zero attached hydrogens (tertiary/aromatic N) is 3. The first-order chi connectivity index (χ1) is 13.8. The topological polar surface area (TPSA) is 48.5 Å². The van der Waals surface area contributed by atoms with Gasteiger partial charge in [0.25, 0.3) is 5.91 Å². The third kappa shape index (κ3) is 4.31. The molecule has 1 N–H and O–H groups in total. The van der Waals surface area contributed by atoms with Gasteiger partial charge in [0.05, 0.1) is 0 Å². The van der Waals surface area contributed by atoms with Crippen molar-refractivity contribution in [2.24, 2.45) is 0 Å². The number of pyridine rings is 1. The van der Waals surface area contributed by atoms with Crippen molar-refractivity contribution >= 4 is 17.3 Å². The average Bonchev–Trinajstić information content (AvgIpc) is 2.79. The number of carbonyl (C=O) groups excluding carboxylic acids is 1. The van der Waals surface area contributed by atoms with Gasteiger partial charge in [-0.2, -0.15) is 0 Å². The SMILES string of the molecule is O=C(c1ccccc1)N1CCN(c2ccc(NCc3cccnc3)cc2)CC1. The number of piperazine rings is 1. The van der Waals surface area contributed by atoms with Gasteiger partial charge in [-0.3, -0.25) is 9.78 Å². The summed E-state index contributed by atoms with van der Waals surface area (Å²) in [5, 5.41) is 3.42. The maximum atomic E-state index is 12.6. The Bertz CT molecular complexity index is 889. The summed E-state index contributed by atoms with van der Waals surface area (Å²) in [7, 11) is 0. The first kappa shape index (κ1) is 18.0. The molecule has 5 heteroatoms. The van der Waals surface area contributed by atoms with Gasteiger partial charge in [-0.1, -0.05) is 24.3 Å². The highest BCUT2D eigenvalue weighted by molar-refractivity contribution is 5.94. The number of hydrogen-bond donors (Lipinski definition) is 1. The molecule has 2 heterocycles. The van der Waals surface area contributed by atoms with E-state index in [1.807, 2.05) is 47.5 Å². The molecule has 0 radical (unpaired) electrons. The van der Waals surface area contributed by atoms with Crippen molar-refractivity contribution in [3.63, 3.8) is 0 Å². The number of hydrogen-bond acceptors (Lipinski definition) is 4. The van der Waals surface area contributed by atoms with Crippen LogP contribution in [-0.2, 0) is 6.54 Å². The third-order valence-electron chi connectivity index (χ3n) is 5.04. The Balaban J connectivity index is 1.30. The molecule has 142 valence electrons. The van der Waals surface area contributed by atoms with Crippen LogP contribution in [0.25, 0.3) is 0 Å². The summed E-state index contributed by atoms with van der Waals surface area (Å²) < 4.78 is 0. The number of amides is 1. The van der Waals surface area contributed by atoms with E-state index in [0.29, 0.717) is 0 Å². The molecule has 0 unspecified atom stereocenters. The molecule has 3 aromatic rings. The van der Waals surface area contributed by atoms with Gasteiger partial charge >= 0.3 is 0 Å². The van der Waals surface area contributed by atoms with Gasteiger partial charge in [0.15, 0.2) is 0 Å². The minimum atomic E-state index is 0.121. The van der Waals surface area contributed by atoms with Crippen molar-refractivity contribution < 1.29 is 4.79 Å². The van der Waals surface area contributed by atoms with Crippen LogP contribution >= 0.6 is 0 Å². The summed E-state index contributed by atoms with van der Waals surface area (Å²) in [4.78, 5) is 21.0. The number of nitrogens with one attached hydrogen (secondary N) is 1. The van der Waals surface area contributed by atoms with E-state index in [1.54, 1.807) is 6.20 Å². The molecule has 2 aromatic carbocycles. The zero-order chi connectivity index (χ0) is 19.2. The van der Waals surface area contributed by atoms with E-state index in [9.17, 15) is 4.79 Å². The number of rotatable bonds is 5. The molecule has 0 aliphatic carbocycles. The largest absolute Gasteiger partial charge is 0.381 e. The lowest BCUT2D eigenvalue weighted by atomic mass is 10.1. The van der Waals surface area contributed by atoms with Crippen LogP contribution in [0.3, 0.4) is 0 Å². The van der Waals surface area contributed by atoms with E-state index < -0.39 is 0 Å². The summed E-state index contributed by atoms with van der Waals surface area (Å²) in [5.41, 5.74) is 4.20. The molecule has 28 heavy (non-hydrogen) atoms. The number of anilines is 2. The molecule has 0 atom stereocenters. The lowest BCUT2D eigenvalue weighted by molar-refractivity contribution is 0.0747. The standard InChI is InChI=1S/C23H24N4O/c28-23(20-6-2-1-3-7-20)27-15-13-26(14-16-27)22-10-8-21(9-11-22)25-18-19-5-4-12-24-17-19/h1-12,17,25H,13-16,18H2. The third-order valence-corrected chi connectivity index (χ3v) is 5.04. The molecule has 1 aliphatic heterocycles. The zero-order valence-electron chi connectivity index (χ0n) is 15.8. The predicted molar refractivity (Wildman–Crippen MR) is 113 cm³/mol. The van der Waals surface area contributed by atoms with Crippen molar-refractivity contribution in [3.8, 4) is 0 Å². The van der Waals surface area contributed by atoms with Crippen LogP contribution < -0.4 is 10.2 Å². The molecule has 1 saturated heterocycles. The summed E-state index contributed by atoms with van der Waals surface area (Å²) in [6.07, 6.45) is 3.66. The molecule has 0 saturated carbocycles. The highest BCUT2D eigenvalue weighted by Crippen LogP contribution is 2.20. The van der Waals surface area contributed by atoms with Gasteiger partial charge in [-0.05, 0) is 48.0 Å². The van der Waals surface area contributed by atoms with E-state index in [-0.39, 0.29) is 5.91 Å². The fraction of sp³-hybridized carbons (Fsp3) is 0.217. The molecule has 5 nitrogen and oxygen atoms in total. The molecule has 1 fully saturated rings. The first-order valence-electron chi connectivity index (χ1n) is 9.62. The van der Waals surface area contributed by atoms with Crippen molar-refractivity contribution in [1.29, 1.82) is 0 Å². The second-order valence-electron chi connectivity index (χ2n) is 6.91. The molecule has 4 rings (SSSR count). The number of benzene rings is 2. The lowest BCUT2D eigenvalue weighted by Crippen LogP contribution is -2.48. The molecule has 1 aromatic heterocycles. The van der Waals surface area contributed by atoms with E-state index in [1.165, 1.54) is 5.69 Å². The molecule has 1 amide bonds. The quantitative estimate of drug-likeness (QED) is 0.743. The Hall–Kier alpha value is -3.34. The average molecular weight is 372 g/mol. The first-order valence-corrected chi connectivity index (χ1v) is 9.62. The van der Waals surface area contributed by atoms with Crippen LogP contribution in [0.5, 0.6) is 0 Å². The fourth-order valence-corrected chi connectivity index (χ4v) is 3.43. The van der Waals surface area contributed by atoms with Crippen LogP contribution in [0.1, 0.15) is 15.9 Å². The van der Waals surface area contributed by atoms with Crippen molar-refractivity contribution in [1.82, 2.24) is 9.88 Å². The summed E-state index contributed by atoms with van der Waals surface area (Å²) in [5.74, 6) is 0.121. The summed E-state index contributed by atoms with van der Waals surface area (Å²) >= 11 is 0. The Labute approximate surface area is 165 Å². The minimum Gasteiger partial charge on any atom is -0.381 e. The maximum Gasteiger partial charge on any atom is 0.253 e.